The fraction of sp³-hybridized carbons (Fsp3) is 1.00. The van der Waals surface area contributed by atoms with Crippen LogP contribution in [0.5, 0.6) is 0 Å². The van der Waals surface area contributed by atoms with E-state index in [1.54, 1.807) is 0 Å². The van der Waals surface area contributed by atoms with Gasteiger partial charge < -0.3 is 15.7 Å². The molecule has 3 N–H and O–H groups in total. The summed E-state index contributed by atoms with van der Waals surface area (Å²) in [6, 6.07) is 0. The van der Waals surface area contributed by atoms with Crippen LogP contribution in [-0.4, -0.2) is 37.9 Å². The van der Waals surface area contributed by atoms with Crippen molar-refractivity contribution in [2.45, 2.75) is 19.3 Å². The molecular weight excluding hydrogens is 152 g/mol. The first kappa shape index (κ1) is 9.96. The molecule has 0 aromatic heterocycles. The van der Waals surface area contributed by atoms with E-state index in [1.165, 1.54) is 19.4 Å². The van der Waals surface area contributed by atoms with Crippen LogP contribution in [0.25, 0.3) is 0 Å². The van der Waals surface area contributed by atoms with Gasteiger partial charge in [0.2, 0.25) is 0 Å². The highest BCUT2D eigenvalue weighted by Gasteiger charge is 2.11. The van der Waals surface area contributed by atoms with Gasteiger partial charge in [-0.1, -0.05) is 0 Å². The van der Waals surface area contributed by atoms with Crippen molar-refractivity contribution in [1.82, 2.24) is 10.6 Å². The number of aliphatic hydroxyl groups is 1. The Balaban J connectivity index is 1.91. The Kier molecular flexibility index (Phi) is 5.32. The molecule has 1 atom stereocenters. The molecule has 0 aromatic carbocycles. The summed E-state index contributed by atoms with van der Waals surface area (Å²) in [4.78, 5) is 0. The summed E-state index contributed by atoms with van der Waals surface area (Å²) >= 11 is 0. The molecule has 0 radical (unpaired) electrons. The van der Waals surface area contributed by atoms with Gasteiger partial charge in [0.25, 0.3) is 0 Å². The molecule has 1 fully saturated rings. The van der Waals surface area contributed by atoms with Crippen molar-refractivity contribution in [1.29, 1.82) is 0 Å². The zero-order valence-electron chi connectivity index (χ0n) is 7.68. The van der Waals surface area contributed by atoms with Crippen molar-refractivity contribution in [2.24, 2.45) is 5.92 Å². The molecule has 0 amide bonds. The summed E-state index contributed by atoms with van der Waals surface area (Å²) in [7, 11) is 0. The third-order valence-corrected chi connectivity index (χ3v) is 2.34. The van der Waals surface area contributed by atoms with Crippen LogP contribution < -0.4 is 10.6 Å². The fourth-order valence-corrected chi connectivity index (χ4v) is 1.61. The van der Waals surface area contributed by atoms with Gasteiger partial charge in [0.15, 0.2) is 0 Å². The first-order chi connectivity index (χ1) is 5.93. The smallest absolute Gasteiger partial charge is 0.0443 e. The van der Waals surface area contributed by atoms with Gasteiger partial charge in [-0.2, -0.15) is 0 Å². The molecule has 0 bridgehead atoms. The van der Waals surface area contributed by atoms with Crippen LogP contribution in [0.2, 0.25) is 0 Å². The van der Waals surface area contributed by atoms with Gasteiger partial charge in [0.1, 0.15) is 0 Å². The number of aliphatic hydroxyl groups excluding tert-OH is 1. The van der Waals surface area contributed by atoms with Gasteiger partial charge in [0.05, 0.1) is 0 Å². The van der Waals surface area contributed by atoms with Crippen molar-refractivity contribution in [3.05, 3.63) is 0 Å². The third kappa shape index (κ3) is 4.04. The van der Waals surface area contributed by atoms with Crippen LogP contribution in [0.3, 0.4) is 0 Å². The van der Waals surface area contributed by atoms with E-state index >= 15 is 0 Å². The van der Waals surface area contributed by atoms with Crippen LogP contribution >= 0.6 is 0 Å². The molecule has 0 saturated carbocycles. The summed E-state index contributed by atoms with van der Waals surface area (Å²) in [6.07, 6.45) is 3.53. The lowest BCUT2D eigenvalue weighted by Crippen LogP contribution is -2.36. The quantitative estimate of drug-likeness (QED) is 0.510. The zero-order valence-corrected chi connectivity index (χ0v) is 7.68. The van der Waals surface area contributed by atoms with Crippen LogP contribution in [0.15, 0.2) is 0 Å². The first-order valence-corrected chi connectivity index (χ1v) is 4.96. The van der Waals surface area contributed by atoms with Crippen molar-refractivity contribution in [2.75, 3.05) is 32.8 Å². The van der Waals surface area contributed by atoms with E-state index in [1.807, 2.05) is 0 Å². The molecule has 3 heteroatoms. The van der Waals surface area contributed by atoms with E-state index in [0.717, 1.165) is 32.0 Å². The summed E-state index contributed by atoms with van der Waals surface area (Å²) in [6.45, 7) is 4.70. The molecule has 1 rings (SSSR count). The Hall–Kier alpha value is -0.120. The molecule has 1 aliphatic heterocycles. The predicted octanol–water partition coefficient (Wildman–Crippen LogP) is -0.0420. The van der Waals surface area contributed by atoms with Crippen LogP contribution in [0.4, 0.5) is 0 Å². The lowest BCUT2D eigenvalue weighted by molar-refractivity contribution is 0.282. The topological polar surface area (TPSA) is 44.3 Å². The molecule has 12 heavy (non-hydrogen) atoms. The van der Waals surface area contributed by atoms with Gasteiger partial charge in [-0.3, -0.25) is 0 Å². The average molecular weight is 172 g/mol. The fourth-order valence-electron chi connectivity index (χ4n) is 1.61. The van der Waals surface area contributed by atoms with E-state index in [2.05, 4.69) is 10.6 Å². The minimum absolute atomic E-state index is 0.302. The molecular formula is C9H20N2O. The van der Waals surface area contributed by atoms with Crippen molar-refractivity contribution in [3.8, 4) is 0 Å². The second-order valence-corrected chi connectivity index (χ2v) is 3.49. The first-order valence-electron chi connectivity index (χ1n) is 4.96. The van der Waals surface area contributed by atoms with Crippen LogP contribution in [0, 0.1) is 5.92 Å². The third-order valence-electron chi connectivity index (χ3n) is 2.34. The number of hydrogen-bond acceptors (Lipinski definition) is 3. The molecule has 0 aliphatic carbocycles. The van der Waals surface area contributed by atoms with Crippen molar-refractivity contribution in [3.63, 3.8) is 0 Å². The SMILES string of the molecule is OCCCNCC1CCCNC1. The molecule has 1 unspecified atom stereocenters. The van der Waals surface area contributed by atoms with Gasteiger partial charge in [-0.25, -0.2) is 0 Å². The van der Waals surface area contributed by atoms with E-state index < -0.39 is 0 Å². The highest BCUT2D eigenvalue weighted by Crippen LogP contribution is 2.07. The highest BCUT2D eigenvalue weighted by molar-refractivity contribution is 4.70. The molecule has 1 saturated heterocycles. The molecule has 1 aliphatic rings. The van der Waals surface area contributed by atoms with Gasteiger partial charge in [0, 0.05) is 6.61 Å². The van der Waals surface area contributed by atoms with Crippen molar-refractivity contribution < 1.29 is 5.11 Å². The zero-order chi connectivity index (χ0) is 8.65. The van der Waals surface area contributed by atoms with E-state index in [9.17, 15) is 0 Å². The second kappa shape index (κ2) is 6.40. The molecule has 72 valence electrons. The maximum Gasteiger partial charge on any atom is 0.0443 e. The van der Waals surface area contributed by atoms with Crippen LogP contribution in [-0.2, 0) is 0 Å². The Morgan fingerprint density at radius 1 is 1.50 bits per heavy atom. The number of nitrogens with one attached hydrogen (secondary N) is 2. The summed E-state index contributed by atoms with van der Waals surface area (Å²) in [5, 5.41) is 15.3. The summed E-state index contributed by atoms with van der Waals surface area (Å²) in [5.74, 6) is 0.803. The van der Waals surface area contributed by atoms with Gasteiger partial charge >= 0.3 is 0 Å². The van der Waals surface area contributed by atoms with Gasteiger partial charge in [-0.15, -0.1) is 0 Å². The average Bonchev–Trinajstić information content (AvgIpc) is 2.14. The van der Waals surface area contributed by atoms with Gasteiger partial charge in [-0.05, 0) is 51.4 Å². The van der Waals surface area contributed by atoms with Crippen LogP contribution in [0.1, 0.15) is 19.3 Å². The molecule has 3 nitrogen and oxygen atoms in total. The second-order valence-electron chi connectivity index (χ2n) is 3.49. The van der Waals surface area contributed by atoms with E-state index in [-0.39, 0.29) is 0 Å². The maximum absolute atomic E-state index is 8.55. The van der Waals surface area contributed by atoms with E-state index in [0.29, 0.717) is 6.61 Å². The highest BCUT2D eigenvalue weighted by atomic mass is 16.3. The maximum atomic E-state index is 8.55. The minimum Gasteiger partial charge on any atom is -0.396 e. The predicted molar refractivity (Wildman–Crippen MR) is 50.2 cm³/mol. The Bertz CT molecular complexity index is 103. The number of rotatable bonds is 5. The summed E-state index contributed by atoms with van der Waals surface area (Å²) in [5.41, 5.74) is 0. The lowest BCUT2D eigenvalue weighted by Gasteiger charge is -2.22. The largest absolute Gasteiger partial charge is 0.396 e. The number of piperidine rings is 1. The Labute approximate surface area is 74.5 Å². The number of hydrogen-bond donors (Lipinski definition) is 3. The Morgan fingerprint density at radius 3 is 3.08 bits per heavy atom. The lowest BCUT2D eigenvalue weighted by atomic mass is 10.00. The molecule has 0 aromatic rings. The normalized spacial score (nSPS) is 24.2. The minimum atomic E-state index is 0.302. The van der Waals surface area contributed by atoms with Crippen molar-refractivity contribution >= 4 is 0 Å². The summed E-state index contributed by atoms with van der Waals surface area (Å²) < 4.78 is 0. The molecule has 1 heterocycles. The van der Waals surface area contributed by atoms with E-state index in [4.69, 9.17) is 5.11 Å². The Morgan fingerprint density at radius 2 is 2.42 bits per heavy atom. The monoisotopic (exact) mass is 172 g/mol. The standard InChI is InChI=1S/C9H20N2O/c12-6-2-5-11-8-9-3-1-4-10-7-9/h9-12H,1-8H2. The molecule has 0 spiro atoms.